The van der Waals surface area contributed by atoms with Gasteiger partial charge in [-0.2, -0.15) is 13.2 Å². The fourth-order valence-electron chi connectivity index (χ4n) is 2.99. The van der Waals surface area contributed by atoms with Crippen LogP contribution in [0.15, 0.2) is 66.7 Å². The van der Waals surface area contributed by atoms with Crippen LogP contribution in [0.3, 0.4) is 0 Å². The minimum absolute atomic E-state index is 0.221. The molecule has 0 aromatic heterocycles. The number of hydrogen-bond acceptors (Lipinski definition) is 3. The molecule has 0 spiro atoms. The predicted octanol–water partition coefficient (Wildman–Crippen LogP) is 5.92. The van der Waals surface area contributed by atoms with Crippen molar-refractivity contribution in [2.45, 2.75) is 13.1 Å². The number of para-hydroxylation sites is 1. The molecule has 0 aliphatic rings. The summed E-state index contributed by atoms with van der Waals surface area (Å²) in [4.78, 5) is 24.8. The molecule has 0 aliphatic heterocycles. The van der Waals surface area contributed by atoms with Gasteiger partial charge in [0.25, 0.3) is 5.91 Å². The lowest BCUT2D eigenvalue weighted by Crippen LogP contribution is -2.22. The molecule has 3 amide bonds. The summed E-state index contributed by atoms with van der Waals surface area (Å²) in [5, 5.41) is 7.47. The van der Waals surface area contributed by atoms with E-state index in [1.807, 2.05) is 0 Å². The first-order valence-corrected chi connectivity index (χ1v) is 9.48. The number of carbonyl (C=O) groups excluding carboxylic acids is 2. The van der Waals surface area contributed by atoms with Gasteiger partial charge in [0.1, 0.15) is 5.75 Å². The number of rotatable bonds is 5. The van der Waals surface area contributed by atoms with Crippen molar-refractivity contribution >= 4 is 29.0 Å². The number of carbonyl (C=O) groups is 2. The van der Waals surface area contributed by atoms with Crippen molar-refractivity contribution in [3.05, 3.63) is 83.4 Å². The fourth-order valence-corrected chi connectivity index (χ4v) is 2.99. The predicted molar refractivity (Wildman–Crippen MR) is 116 cm³/mol. The Morgan fingerprint density at radius 1 is 0.812 bits per heavy atom. The van der Waals surface area contributed by atoms with E-state index in [0.717, 1.165) is 12.1 Å². The molecule has 0 heterocycles. The summed E-state index contributed by atoms with van der Waals surface area (Å²) in [5.41, 5.74) is 0.433. The van der Waals surface area contributed by atoms with E-state index in [2.05, 4.69) is 16.0 Å². The number of alkyl halides is 3. The molecule has 3 N–H and O–H groups in total. The quantitative estimate of drug-likeness (QED) is 0.458. The van der Waals surface area contributed by atoms with Crippen LogP contribution in [0, 0.1) is 6.92 Å². The second-order valence-electron chi connectivity index (χ2n) is 6.81. The van der Waals surface area contributed by atoms with Gasteiger partial charge in [-0.1, -0.05) is 30.3 Å². The topological polar surface area (TPSA) is 79.5 Å². The fraction of sp³-hybridized carbons (Fsp3) is 0.130. The molecule has 3 rings (SSSR count). The van der Waals surface area contributed by atoms with Crippen LogP contribution in [0.1, 0.15) is 21.5 Å². The summed E-state index contributed by atoms with van der Waals surface area (Å²) >= 11 is 0. The van der Waals surface area contributed by atoms with E-state index in [1.165, 1.54) is 25.3 Å². The Morgan fingerprint density at radius 3 is 2.09 bits per heavy atom. The highest BCUT2D eigenvalue weighted by molar-refractivity contribution is 6.05. The molecule has 3 aromatic rings. The third-order valence-electron chi connectivity index (χ3n) is 4.56. The molecule has 0 saturated heterocycles. The lowest BCUT2D eigenvalue weighted by molar-refractivity contribution is -0.136. The van der Waals surface area contributed by atoms with Crippen molar-refractivity contribution in [3.63, 3.8) is 0 Å². The van der Waals surface area contributed by atoms with E-state index >= 15 is 0 Å². The van der Waals surface area contributed by atoms with Gasteiger partial charge < -0.3 is 20.7 Å². The summed E-state index contributed by atoms with van der Waals surface area (Å²) in [5.74, 6) is -0.101. The molecule has 0 atom stereocenters. The molecule has 6 nitrogen and oxygen atoms in total. The van der Waals surface area contributed by atoms with Gasteiger partial charge in [-0.25, -0.2) is 4.79 Å². The first-order chi connectivity index (χ1) is 15.2. The Balaban J connectivity index is 1.78. The summed E-state index contributed by atoms with van der Waals surface area (Å²) in [6, 6.07) is 15.5. The molecule has 0 fully saturated rings. The molecule has 3 aromatic carbocycles. The summed E-state index contributed by atoms with van der Waals surface area (Å²) in [6.45, 7) is 1.71. The van der Waals surface area contributed by atoms with Gasteiger partial charge in [-0.15, -0.1) is 0 Å². The molecule has 32 heavy (non-hydrogen) atoms. The van der Waals surface area contributed by atoms with E-state index in [1.54, 1.807) is 43.3 Å². The second kappa shape index (κ2) is 9.42. The number of ether oxygens (including phenoxy) is 1. The SMILES string of the molecule is COc1cc(NC(=O)c2ccccc2)c(C)cc1NC(=O)Nc1ccccc1C(F)(F)F. The Morgan fingerprint density at radius 2 is 1.44 bits per heavy atom. The standard InChI is InChI=1S/C23H20F3N3O3/c1-14-12-19(29-22(31)28-17-11-7-6-10-16(17)23(24,25)26)20(32-2)13-18(14)27-21(30)15-8-4-3-5-9-15/h3-13H,1-2H3,(H,27,30)(H2,28,29,31). The Hall–Kier alpha value is -4.01. The van der Waals surface area contributed by atoms with Gasteiger partial charge in [0.05, 0.1) is 24.0 Å². The van der Waals surface area contributed by atoms with Gasteiger partial charge in [-0.05, 0) is 42.8 Å². The second-order valence-corrected chi connectivity index (χ2v) is 6.81. The number of amides is 3. The number of benzene rings is 3. The van der Waals surface area contributed by atoms with Crippen LogP contribution in [-0.4, -0.2) is 19.0 Å². The average Bonchev–Trinajstić information content (AvgIpc) is 2.75. The number of urea groups is 1. The molecule has 0 bridgehead atoms. The maximum absolute atomic E-state index is 13.1. The highest BCUT2D eigenvalue weighted by atomic mass is 19.4. The molecular formula is C23H20F3N3O3. The number of anilines is 3. The number of aryl methyl sites for hydroxylation is 1. The van der Waals surface area contributed by atoms with E-state index in [4.69, 9.17) is 4.74 Å². The van der Waals surface area contributed by atoms with Gasteiger partial charge in [-0.3, -0.25) is 4.79 Å². The van der Waals surface area contributed by atoms with Crippen LogP contribution >= 0.6 is 0 Å². The smallest absolute Gasteiger partial charge is 0.418 e. The van der Waals surface area contributed by atoms with Crippen LogP contribution in [0.5, 0.6) is 5.75 Å². The van der Waals surface area contributed by atoms with Crippen molar-refractivity contribution in [2.24, 2.45) is 0 Å². The molecule has 9 heteroatoms. The van der Waals surface area contributed by atoms with Crippen molar-refractivity contribution in [1.82, 2.24) is 0 Å². The highest BCUT2D eigenvalue weighted by Crippen LogP contribution is 2.35. The zero-order chi connectivity index (χ0) is 23.3. The number of nitrogens with one attached hydrogen (secondary N) is 3. The minimum atomic E-state index is -4.61. The minimum Gasteiger partial charge on any atom is -0.494 e. The third-order valence-corrected chi connectivity index (χ3v) is 4.56. The lowest BCUT2D eigenvalue weighted by Gasteiger charge is -2.17. The van der Waals surface area contributed by atoms with E-state index in [0.29, 0.717) is 16.8 Å². The molecule has 0 saturated carbocycles. The zero-order valence-corrected chi connectivity index (χ0v) is 17.2. The van der Waals surface area contributed by atoms with Crippen LogP contribution in [0.25, 0.3) is 0 Å². The first kappa shape index (κ1) is 22.7. The van der Waals surface area contributed by atoms with Crippen molar-refractivity contribution in [1.29, 1.82) is 0 Å². The molecule has 0 unspecified atom stereocenters. The highest BCUT2D eigenvalue weighted by Gasteiger charge is 2.33. The van der Waals surface area contributed by atoms with Gasteiger partial charge in [0, 0.05) is 17.3 Å². The summed E-state index contributed by atoms with van der Waals surface area (Å²) < 4.78 is 44.7. The van der Waals surface area contributed by atoms with Crippen molar-refractivity contribution in [2.75, 3.05) is 23.1 Å². The van der Waals surface area contributed by atoms with Crippen molar-refractivity contribution in [3.8, 4) is 5.75 Å². The maximum Gasteiger partial charge on any atom is 0.418 e. The Kier molecular flexibility index (Phi) is 6.67. The van der Waals surface area contributed by atoms with Gasteiger partial charge >= 0.3 is 12.2 Å². The normalized spacial score (nSPS) is 10.9. The van der Waals surface area contributed by atoms with E-state index in [-0.39, 0.29) is 23.0 Å². The maximum atomic E-state index is 13.1. The lowest BCUT2D eigenvalue weighted by atomic mass is 10.1. The van der Waals surface area contributed by atoms with Gasteiger partial charge in [0.15, 0.2) is 0 Å². The molecule has 166 valence electrons. The first-order valence-electron chi connectivity index (χ1n) is 9.48. The average molecular weight is 443 g/mol. The van der Waals surface area contributed by atoms with Gasteiger partial charge in [0.2, 0.25) is 0 Å². The molecule has 0 radical (unpaired) electrons. The van der Waals surface area contributed by atoms with Crippen LogP contribution in [0.4, 0.5) is 35.0 Å². The Labute approximate surface area is 182 Å². The van der Waals surface area contributed by atoms with Crippen LogP contribution in [-0.2, 0) is 6.18 Å². The number of methoxy groups -OCH3 is 1. The molecular weight excluding hydrogens is 423 g/mol. The molecule has 0 aliphatic carbocycles. The Bertz CT molecular complexity index is 1130. The number of halogens is 3. The van der Waals surface area contributed by atoms with E-state index in [9.17, 15) is 22.8 Å². The van der Waals surface area contributed by atoms with E-state index < -0.39 is 17.8 Å². The number of hydrogen-bond donors (Lipinski definition) is 3. The van der Waals surface area contributed by atoms with Crippen LogP contribution in [0.2, 0.25) is 0 Å². The monoisotopic (exact) mass is 443 g/mol. The largest absolute Gasteiger partial charge is 0.494 e. The third kappa shape index (κ3) is 5.37. The van der Waals surface area contributed by atoms with Crippen molar-refractivity contribution < 1.29 is 27.5 Å². The summed E-state index contributed by atoms with van der Waals surface area (Å²) in [7, 11) is 1.37. The summed E-state index contributed by atoms with van der Waals surface area (Å²) in [6.07, 6.45) is -4.61. The van der Waals surface area contributed by atoms with Crippen LogP contribution < -0.4 is 20.7 Å². The zero-order valence-electron chi connectivity index (χ0n) is 17.2.